The summed E-state index contributed by atoms with van der Waals surface area (Å²) in [5, 5.41) is -0.757. The molecule has 1 atom stereocenters. The zero-order valence-corrected chi connectivity index (χ0v) is 8.72. The Morgan fingerprint density at radius 3 is 2.15 bits per heavy atom. The fourth-order valence-corrected chi connectivity index (χ4v) is 3.20. The van der Waals surface area contributed by atoms with Crippen LogP contribution in [0.4, 0.5) is 0 Å². The van der Waals surface area contributed by atoms with Crippen LogP contribution in [-0.4, -0.2) is 26.2 Å². The molecule has 1 aliphatic carbocycles. The highest BCUT2D eigenvalue weighted by Crippen LogP contribution is 2.28. The van der Waals surface area contributed by atoms with Crippen LogP contribution in [0.5, 0.6) is 0 Å². The van der Waals surface area contributed by atoms with Crippen molar-refractivity contribution in [2.45, 2.75) is 37.4 Å². The number of carbonyl (C=O) groups is 1. The molecule has 76 valence electrons. The minimum absolute atomic E-state index is 0.0706. The second kappa shape index (κ2) is 4.22. The van der Waals surface area contributed by atoms with Gasteiger partial charge in [-0.15, -0.1) is 0 Å². The van der Waals surface area contributed by atoms with E-state index in [1.807, 2.05) is 0 Å². The molecule has 0 bridgehead atoms. The molecule has 13 heavy (non-hydrogen) atoms. The van der Waals surface area contributed by atoms with Gasteiger partial charge in [0.05, 0.1) is 0 Å². The quantitative estimate of drug-likeness (QED) is 0.649. The zero-order valence-electron chi connectivity index (χ0n) is 7.90. The Morgan fingerprint density at radius 1 is 1.23 bits per heavy atom. The molecule has 0 radical (unpaired) electrons. The van der Waals surface area contributed by atoms with Crippen LogP contribution < -0.4 is 0 Å². The number of sulfone groups is 1. The molecule has 0 aliphatic heterocycles. The summed E-state index contributed by atoms with van der Waals surface area (Å²) in [5.74, 6) is 0.0706. The fourth-order valence-electron chi connectivity index (χ4n) is 2.02. The number of hydrogen-bond acceptors (Lipinski definition) is 3. The Kier molecular flexibility index (Phi) is 3.47. The first-order chi connectivity index (χ1) is 6.05. The molecule has 1 aliphatic rings. The lowest BCUT2D eigenvalue weighted by Crippen LogP contribution is -2.31. The van der Waals surface area contributed by atoms with Gasteiger partial charge in [-0.3, -0.25) is 0 Å². The molecule has 0 aromatic heterocycles. The van der Waals surface area contributed by atoms with Gasteiger partial charge in [-0.25, -0.2) is 8.42 Å². The lowest BCUT2D eigenvalue weighted by Gasteiger charge is -2.25. The second-order valence-electron chi connectivity index (χ2n) is 3.83. The average molecular weight is 204 g/mol. The topological polar surface area (TPSA) is 51.2 Å². The van der Waals surface area contributed by atoms with Crippen molar-refractivity contribution in [2.75, 3.05) is 6.26 Å². The third-order valence-corrected chi connectivity index (χ3v) is 4.23. The van der Waals surface area contributed by atoms with Gasteiger partial charge < -0.3 is 4.79 Å². The first-order valence-corrected chi connectivity index (χ1v) is 6.65. The molecule has 0 aromatic carbocycles. The zero-order chi connectivity index (χ0) is 9.90. The highest BCUT2D eigenvalue weighted by atomic mass is 32.2. The molecule has 3 nitrogen and oxygen atoms in total. The van der Waals surface area contributed by atoms with Gasteiger partial charge in [0.2, 0.25) is 0 Å². The molecule has 0 aromatic rings. The van der Waals surface area contributed by atoms with Crippen molar-refractivity contribution in [2.24, 2.45) is 5.92 Å². The number of hydrogen-bond donors (Lipinski definition) is 0. The van der Waals surface area contributed by atoms with Crippen molar-refractivity contribution in [1.29, 1.82) is 0 Å². The van der Waals surface area contributed by atoms with Crippen molar-refractivity contribution in [3.8, 4) is 0 Å². The van der Waals surface area contributed by atoms with Gasteiger partial charge in [0, 0.05) is 6.26 Å². The van der Waals surface area contributed by atoms with Crippen molar-refractivity contribution >= 4 is 16.1 Å². The highest BCUT2D eigenvalue weighted by Gasteiger charge is 2.30. The van der Waals surface area contributed by atoms with E-state index in [1.54, 1.807) is 0 Å². The number of carbonyl (C=O) groups excluding carboxylic acids is 1. The summed E-state index contributed by atoms with van der Waals surface area (Å²) in [6.45, 7) is 0. The smallest absolute Gasteiger partial charge is 0.157 e. The summed E-state index contributed by atoms with van der Waals surface area (Å²) >= 11 is 0. The Morgan fingerprint density at radius 2 is 1.77 bits per heavy atom. The number of aldehydes is 1. The highest BCUT2D eigenvalue weighted by molar-refractivity contribution is 7.92. The minimum Gasteiger partial charge on any atom is -0.302 e. The largest absolute Gasteiger partial charge is 0.302 e. The Hall–Kier alpha value is -0.380. The van der Waals surface area contributed by atoms with Gasteiger partial charge in [-0.05, 0) is 18.8 Å². The molecular weight excluding hydrogens is 188 g/mol. The lowest BCUT2D eigenvalue weighted by molar-refractivity contribution is -0.108. The summed E-state index contributed by atoms with van der Waals surface area (Å²) in [7, 11) is -3.18. The van der Waals surface area contributed by atoms with E-state index < -0.39 is 15.1 Å². The van der Waals surface area contributed by atoms with E-state index in [4.69, 9.17) is 0 Å². The van der Waals surface area contributed by atoms with Crippen LogP contribution in [0.2, 0.25) is 0 Å². The maximum Gasteiger partial charge on any atom is 0.157 e. The van der Waals surface area contributed by atoms with Crippen molar-refractivity contribution < 1.29 is 13.2 Å². The van der Waals surface area contributed by atoms with Crippen LogP contribution in [0.1, 0.15) is 32.1 Å². The van der Waals surface area contributed by atoms with Crippen molar-refractivity contribution in [1.82, 2.24) is 0 Å². The van der Waals surface area contributed by atoms with Gasteiger partial charge in [0.15, 0.2) is 9.84 Å². The fraction of sp³-hybridized carbons (Fsp3) is 0.889. The van der Waals surface area contributed by atoms with E-state index in [-0.39, 0.29) is 5.92 Å². The Bertz CT molecular complexity index is 263. The van der Waals surface area contributed by atoms with Gasteiger partial charge in [0.1, 0.15) is 11.5 Å². The molecule has 0 saturated heterocycles. The molecule has 1 fully saturated rings. The first kappa shape index (κ1) is 10.7. The van der Waals surface area contributed by atoms with Crippen molar-refractivity contribution in [3.63, 3.8) is 0 Å². The summed E-state index contributed by atoms with van der Waals surface area (Å²) in [6, 6.07) is 0. The van der Waals surface area contributed by atoms with E-state index in [1.165, 1.54) is 6.42 Å². The molecule has 0 N–H and O–H groups in total. The molecule has 0 unspecified atom stereocenters. The molecule has 0 amide bonds. The summed E-state index contributed by atoms with van der Waals surface area (Å²) in [6.07, 6.45) is 6.82. The molecular formula is C9H16O3S. The van der Waals surface area contributed by atoms with Gasteiger partial charge in [-0.1, -0.05) is 19.3 Å². The van der Waals surface area contributed by atoms with Crippen molar-refractivity contribution in [3.05, 3.63) is 0 Å². The summed E-state index contributed by atoms with van der Waals surface area (Å²) < 4.78 is 22.5. The van der Waals surface area contributed by atoms with Gasteiger partial charge >= 0.3 is 0 Å². The third kappa shape index (κ3) is 2.79. The maximum atomic E-state index is 11.2. The SMILES string of the molecule is CS(=O)(=O)[C@H](C=O)C1CCCCC1. The van der Waals surface area contributed by atoms with Crippen LogP contribution in [0.3, 0.4) is 0 Å². The molecule has 0 heterocycles. The summed E-state index contributed by atoms with van der Waals surface area (Å²) in [4.78, 5) is 10.7. The molecule has 1 saturated carbocycles. The van der Waals surface area contributed by atoms with Crippen LogP contribution >= 0.6 is 0 Å². The Balaban J connectivity index is 2.71. The predicted molar refractivity (Wildman–Crippen MR) is 51.3 cm³/mol. The predicted octanol–water partition coefficient (Wildman–Crippen LogP) is 1.18. The van der Waals surface area contributed by atoms with E-state index >= 15 is 0 Å². The maximum absolute atomic E-state index is 11.2. The van der Waals surface area contributed by atoms with E-state index in [2.05, 4.69) is 0 Å². The van der Waals surface area contributed by atoms with Crippen LogP contribution in [0, 0.1) is 5.92 Å². The molecule has 4 heteroatoms. The monoisotopic (exact) mass is 204 g/mol. The van der Waals surface area contributed by atoms with E-state index in [0.717, 1.165) is 31.9 Å². The van der Waals surface area contributed by atoms with E-state index in [9.17, 15) is 13.2 Å². The van der Waals surface area contributed by atoms with Crippen LogP contribution in [0.15, 0.2) is 0 Å². The van der Waals surface area contributed by atoms with Gasteiger partial charge in [0.25, 0.3) is 0 Å². The minimum atomic E-state index is -3.18. The average Bonchev–Trinajstić information content (AvgIpc) is 2.05. The van der Waals surface area contributed by atoms with Crippen LogP contribution in [-0.2, 0) is 14.6 Å². The number of rotatable bonds is 3. The Labute approximate surface area is 79.4 Å². The molecule has 1 rings (SSSR count). The van der Waals surface area contributed by atoms with E-state index in [0.29, 0.717) is 6.29 Å². The third-order valence-electron chi connectivity index (χ3n) is 2.74. The molecule has 0 spiro atoms. The summed E-state index contributed by atoms with van der Waals surface area (Å²) in [5.41, 5.74) is 0. The second-order valence-corrected chi connectivity index (χ2v) is 6.03. The standard InChI is InChI=1S/C9H16O3S/c1-13(11,12)9(7-10)8-5-3-2-4-6-8/h7-9H,2-6H2,1H3/t9-/m1/s1. The lowest BCUT2D eigenvalue weighted by atomic mass is 9.87. The first-order valence-electron chi connectivity index (χ1n) is 4.70. The normalized spacial score (nSPS) is 22.5. The van der Waals surface area contributed by atoms with Gasteiger partial charge in [-0.2, -0.15) is 0 Å². The van der Waals surface area contributed by atoms with Crippen LogP contribution in [0.25, 0.3) is 0 Å².